The largest absolute Gasteiger partial charge is 0.321 e. The number of aromatic nitrogens is 3. The fourth-order valence-corrected chi connectivity index (χ4v) is 2.06. The SMILES string of the molecule is O=C(C=Cc1ccc(Cl)cc1)Nc1ccc(-n2cccn2)nc1. The van der Waals surface area contributed by atoms with Crippen LogP contribution in [0.2, 0.25) is 5.02 Å². The van der Waals surface area contributed by atoms with Crippen molar-refractivity contribution in [2.24, 2.45) is 0 Å². The molecule has 6 heteroatoms. The van der Waals surface area contributed by atoms with Gasteiger partial charge >= 0.3 is 0 Å². The standard InChI is InChI=1S/C17H13ClN4O/c18-14-5-2-13(3-6-14)4-9-17(23)21-15-7-8-16(19-12-15)22-11-1-10-20-22/h1-12H,(H,21,23). The zero-order chi connectivity index (χ0) is 16.1. The molecule has 0 saturated heterocycles. The van der Waals surface area contributed by atoms with Crippen LogP contribution in [0.3, 0.4) is 0 Å². The number of nitrogens with one attached hydrogen (secondary N) is 1. The van der Waals surface area contributed by atoms with Crippen LogP contribution in [0.25, 0.3) is 11.9 Å². The van der Waals surface area contributed by atoms with Gasteiger partial charge < -0.3 is 5.32 Å². The molecule has 3 rings (SSSR count). The summed E-state index contributed by atoms with van der Waals surface area (Å²) in [6, 6.07) is 12.6. The third kappa shape index (κ3) is 4.05. The minimum Gasteiger partial charge on any atom is -0.321 e. The summed E-state index contributed by atoms with van der Waals surface area (Å²) in [4.78, 5) is 16.1. The molecule has 1 aromatic carbocycles. The van der Waals surface area contributed by atoms with Gasteiger partial charge in [0.1, 0.15) is 0 Å². The fourth-order valence-electron chi connectivity index (χ4n) is 1.93. The van der Waals surface area contributed by atoms with E-state index in [9.17, 15) is 4.79 Å². The average Bonchev–Trinajstić information content (AvgIpc) is 3.09. The molecular weight excluding hydrogens is 312 g/mol. The maximum absolute atomic E-state index is 11.9. The van der Waals surface area contributed by atoms with Gasteiger partial charge in [-0.15, -0.1) is 0 Å². The fraction of sp³-hybridized carbons (Fsp3) is 0. The molecule has 0 radical (unpaired) electrons. The van der Waals surface area contributed by atoms with Crippen LogP contribution in [0.5, 0.6) is 0 Å². The number of carbonyl (C=O) groups is 1. The highest BCUT2D eigenvalue weighted by Gasteiger charge is 2.01. The number of pyridine rings is 1. The molecule has 3 aromatic rings. The van der Waals surface area contributed by atoms with Crippen molar-refractivity contribution < 1.29 is 4.79 Å². The van der Waals surface area contributed by atoms with E-state index in [2.05, 4.69) is 15.4 Å². The number of anilines is 1. The van der Waals surface area contributed by atoms with Crippen LogP contribution in [-0.4, -0.2) is 20.7 Å². The van der Waals surface area contributed by atoms with Gasteiger partial charge in [0.05, 0.1) is 11.9 Å². The summed E-state index contributed by atoms with van der Waals surface area (Å²) in [5, 5.41) is 7.51. The Kier molecular flexibility index (Phi) is 4.49. The van der Waals surface area contributed by atoms with Crippen molar-refractivity contribution in [2.75, 3.05) is 5.32 Å². The highest BCUT2D eigenvalue weighted by molar-refractivity contribution is 6.30. The molecule has 0 aliphatic carbocycles. The van der Waals surface area contributed by atoms with E-state index in [4.69, 9.17) is 11.6 Å². The summed E-state index contributed by atoms with van der Waals surface area (Å²) in [5.41, 5.74) is 1.52. The lowest BCUT2D eigenvalue weighted by Gasteiger charge is -2.04. The van der Waals surface area contributed by atoms with Crippen LogP contribution in [0, 0.1) is 0 Å². The molecule has 2 aromatic heterocycles. The lowest BCUT2D eigenvalue weighted by atomic mass is 10.2. The van der Waals surface area contributed by atoms with Crippen molar-refractivity contribution in [3.63, 3.8) is 0 Å². The molecule has 0 spiro atoms. The quantitative estimate of drug-likeness (QED) is 0.746. The summed E-state index contributed by atoms with van der Waals surface area (Å²) in [5.74, 6) is 0.457. The van der Waals surface area contributed by atoms with E-state index < -0.39 is 0 Å². The van der Waals surface area contributed by atoms with Gasteiger partial charge in [-0.25, -0.2) is 9.67 Å². The highest BCUT2D eigenvalue weighted by Crippen LogP contribution is 2.11. The van der Waals surface area contributed by atoms with Crippen LogP contribution < -0.4 is 5.32 Å². The van der Waals surface area contributed by atoms with Crippen molar-refractivity contribution in [2.45, 2.75) is 0 Å². The van der Waals surface area contributed by atoms with Gasteiger partial charge in [0.25, 0.3) is 0 Å². The molecule has 0 fully saturated rings. The lowest BCUT2D eigenvalue weighted by molar-refractivity contribution is -0.111. The summed E-state index contributed by atoms with van der Waals surface area (Å²) in [6.45, 7) is 0. The predicted octanol–water partition coefficient (Wildman–Crippen LogP) is 3.57. The van der Waals surface area contributed by atoms with Gasteiger partial charge in [0.15, 0.2) is 5.82 Å². The smallest absolute Gasteiger partial charge is 0.248 e. The normalized spacial score (nSPS) is 10.8. The van der Waals surface area contributed by atoms with Gasteiger partial charge in [-0.2, -0.15) is 5.10 Å². The maximum atomic E-state index is 11.9. The van der Waals surface area contributed by atoms with Crippen molar-refractivity contribution >= 4 is 29.3 Å². The third-order valence-corrected chi connectivity index (χ3v) is 3.30. The van der Waals surface area contributed by atoms with Gasteiger partial charge in [-0.1, -0.05) is 23.7 Å². The number of hydrogen-bond acceptors (Lipinski definition) is 3. The van der Waals surface area contributed by atoms with Crippen LogP contribution >= 0.6 is 11.6 Å². The Morgan fingerprint density at radius 2 is 2.00 bits per heavy atom. The molecule has 23 heavy (non-hydrogen) atoms. The highest BCUT2D eigenvalue weighted by atomic mass is 35.5. The summed E-state index contributed by atoms with van der Waals surface area (Å²) >= 11 is 5.81. The number of hydrogen-bond donors (Lipinski definition) is 1. The van der Waals surface area contributed by atoms with Crippen molar-refractivity contribution in [1.29, 1.82) is 0 Å². The summed E-state index contributed by atoms with van der Waals surface area (Å²) < 4.78 is 1.64. The van der Waals surface area contributed by atoms with E-state index >= 15 is 0 Å². The number of benzene rings is 1. The second-order valence-corrected chi connectivity index (χ2v) is 5.17. The zero-order valence-corrected chi connectivity index (χ0v) is 12.8. The third-order valence-electron chi connectivity index (χ3n) is 3.05. The Hall–Kier alpha value is -2.92. The first-order chi connectivity index (χ1) is 11.2. The number of rotatable bonds is 4. The zero-order valence-electron chi connectivity index (χ0n) is 12.1. The molecule has 114 valence electrons. The molecule has 1 amide bonds. The Balaban J connectivity index is 1.62. The number of carbonyl (C=O) groups excluding carboxylic acids is 1. The van der Waals surface area contributed by atoms with Gasteiger partial charge in [-0.05, 0) is 42.0 Å². The van der Waals surface area contributed by atoms with Crippen LogP contribution in [-0.2, 0) is 4.79 Å². The second-order valence-electron chi connectivity index (χ2n) is 4.73. The first kappa shape index (κ1) is 15.0. The van der Waals surface area contributed by atoms with Crippen molar-refractivity contribution in [1.82, 2.24) is 14.8 Å². The predicted molar refractivity (Wildman–Crippen MR) is 90.5 cm³/mol. The molecule has 2 heterocycles. The average molecular weight is 325 g/mol. The molecule has 0 aliphatic heterocycles. The first-order valence-corrected chi connectivity index (χ1v) is 7.29. The first-order valence-electron chi connectivity index (χ1n) is 6.91. The van der Waals surface area contributed by atoms with Gasteiger partial charge in [-0.3, -0.25) is 4.79 Å². The van der Waals surface area contributed by atoms with E-state index in [1.54, 1.807) is 53.6 Å². The number of halogens is 1. The van der Waals surface area contributed by atoms with Gasteiger partial charge in [0.2, 0.25) is 5.91 Å². The van der Waals surface area contributed by atoms with Crippen LogP contribution in [0.1, 0.15) is 5.56 Å². The molecular formula is C17H13ClN4O. The number of amides is 1. The topological polar surface area (TPSA) is 59.8 Å². The molecule has 0 saturated carbocycles. The maximum Gasteiger partial charge on any atom is 0.248 e. The number of nitrogens with zero attached hydrogens (tertiary/aromatic N) is 3. The summed E-state index contributed by atoms with van der Waals surface area (Å²) in [7, 11) is 0. The second kappa shape index (κ2) is 6.89. The van der Waals surface area contributed by atoms with E-state index in [-0.39, 0.29) is 5.91 Å². The summed E-state index contributed by atoms with van der Waals surface area (Å²) in [6.07, 6.45) is 8.25. The van der Waals surface area contributed by atoms with Gasteiger partial charge in [0, 0.05) is 23.5 Å². The van der Waals surface area contributed by atoms with E-state index in [0.29, 0.717) is 16.5 Å². The molecule has 0 bridgehead atoms. The van der Waals surface area contributed by atoms with Crippen molar-refractivity contribution in [3.8, 4) is 5.82 Å². The Morgan fingerprint density at radius 3 is 2.65 bits per heavy atom. The van der Waals surface area contributed by atoms with Crippen LogP contribution in [0.4, 0.5) is 5.69 Å². The molecule has 1 N–H and O–H groups in total. The van der Waals surface area contributed by atoms with E-state index in [1.807, 2.05) is 18.2 Å². The molecule has 0 atom stereocenters. The van der Waals surface area contributed by atoms with Crippen molar-refractivity contribution in [3.05, 3.63) is 77.7 Å². The van der Waals surface area contributed by atoms with E-state index in [0.717, 1.165) is 5.56 Å². The molecule has 0 aliphatic rings. The Morgan fingerprint density at radius 1 is 1.17 bits per heavy atom. The van der Waals surface area contributed by atoms with E-state index in [1.165, 1.54) is 6.08 Å². The minimum absolute atomic E-state index is 0.228. The molecule has 5 nitrogen and oxygen atoms in total. The Labute approximate surface area is 138 Å². The monoisotopic (exact) mass is 324 g/mol. The lowest BCUT2D eigenvalue weighted by Crippen LogP contribution is -2.08. The van der Waals surface area contributed by atoms with Crippen LogP contribution in [0.15, 0.2) is 67.1 Å². The molecule has 0 unspecified atom stereocenters. The Bertz CT molecular complexity index is 809. The minimum atomic E-state index is -0.228.